The molecular formula is C28H25F4NO3. The van der Waals surface area contributed by atoms with Crippen molar-refractivity contribution in [1.29, 1.82) is 0 Å². The first-order chi connectivity index (χ1) is 16.9. The summed E-state index contributed by atoms with van der Waals surface area (Å²) in [5, 5.41) is 3.45. The van der Waals surface area contributed by atoms with Gasteiger partial charge in [-0.2, -0.15) is 13.2 Å². The SMILES string of the molecule is COc1cc(F)ccc1-c1ccc2c(c1COC(=O)c1ccc(C(F)(F)F)cc1)C(C)=CC(C)(C)N2. The number of anilines is 1. The Morgan fingerprint density at radius 2 is 1.67 bits per heavy atom. The van der Waals surface area contributed by atoms with Crippen molar-refractivity contribution < 1.29 is 31.8 Å². The summed E-state index contributed by atoms with van der Waals surface area (Å²) in [6.07, 6.45) is -2.44. The summed E-state index contributed by atoms with van der Waals surface area (Å²) in [6.45, 7) is 5.85. The highest BCUT2D eigenvalue weighted by Gasteiger charge is 2.31. The first-order valence-electron chi connectivity index (χ1n) is 11.2. The molecule has 0 amide bonds. The predicted molar refractivity (Wildman–Crippen MR) is 130 cm³/mol. The van der Waals surface area contributed by atoms with Crippen molar-refractivity contribution in [3.05, 3.63) is 88.7 Å². The summed E-state index contributed by atoms with van der Waals surface area (Å²) in [5.41, 5.74) is 3.42. The van der Waals surface area contributed by atoms with Gasteiger partial charge in [0, 0.05) is 28.4 Å². The van der Waals surface area contributed by atoms with Crippen LogP contribution in [0.3, 0.4) is 0 Å². The molecule has 0 saturated carbocycles. The van der Waals surface area contributed by atoms with Crippen LogP contribution in [0.4, 0.5) is 23.2 Å². The van der Waals surface area contributed by atoms with Crippen molar-refractivity contribution in [3.63, 3.8) is 0 Å². The van der Waals surface area contributed by atoms with Crippen molar-refractivity contribution in [3.8, 4) is 16.9 Å². The van der Waals surface area contributed by atoms with Crippen LogP contribution in [-0.4, -0.2) is 18.6 Å². The molecule has 3 aromatic carbocycles. The van der Waals surface area contributed by atoms with Gasteiger partial charge in [0.25, 0.3) is 0 Å². The van der Waals surface area contributed by atoms with E-state index in [1.807, 2.05) is 32.9 Å². The molecule has 1 aliphatic heterocycles. The van der Waals surface area contributed by atoms with E-state index in [0.717, 1.165) is 41.1 Å². The summed E-state index contributed by atoms with van der Waals surface area (Å²) in [5.74, 6) is -0.900. The van der Waals surface area contributed by atoms with Gasteiger partial charge < -0.3 is 14.8 Å². The van der Waals surface area contributed by atoms with E-state index in [0.29, 0.717) is 22.4 Å². The molecule has 1 heterocycles. The summed E-state index contributed by atoms with van der Waals surface area (Å²) in [7, 11) is 1.44. The molecule has 0 spiro atoms. The Labute approximate surface area is 206 Å². The average molecular weight is 500 g/mol. The third kappa shape index (κ3) is 5.08. The molecule has 0 saturated heterocycles. The van der Waals surface area contributed by atoms with Gasteiger partial charge in [-0.25, -0.2) is 9.18 Å². The number of nitrogens with one attached hydrogen (secondary N) is 1. The van der Waals surface area contributed by atoms with Crippen molar-refractivity contribution in [2.24, 2.45) is 0 Å². The van der Waals surface area contributed by atoms with Crippen LogP contribution in [0, 0.1) is 5.82 Å². The van der Waals surface area contributed by atoms with Gasteiger partial charge in [0.05, 0.1) is 23.8 Å². The number of carbonyl (C=O) groups excluding carboxylic acids is 1. The lowest BCUT2D eigenvalue weighted by Crippen LogP contribution is -2.32. The fraction of sp³-hybridized carbons (Fsp3) is 0.250. The number of hydrogen-bond acceptors (Lipinski definition) is 4. The molecule has 3 aromatic rings. The third-order valence-electron chi connectivity index (χ3n) is 5.99. The van der Waals surface area contributed by atoms with E-state index < -0.39 is 23.5 Å². The second-order valence-corrected chi connectivity index (χ2v) is 9.18. The van der Waals surface area contributed by atoms with E-state index in [9.17, 15) is 22.4 Å². The molecule has 36 heavy (non-hydrogen) atoms. The van der Waals surface area contributed by atoms with Gasteiger partial charge in [0.15, 0.2) is 0 Å². The minimum atomic E-state index is -4.50. The van der Waals surface area contributed by atoms with Crippen LogP contribution >= 0.6 is 0 Å². The van der Waals surface area contributed by atoms with Crippen molar-refractivity contribution in [1.82, 2.24) is 0 Å². The predicted octanol–water partition coefficient (Wildman–Crippen LogP) is 7.48. The Balaban J connectivity index is 1.75. The Kier molecular flexibility index (Phi) is 6.56. The molecular weight excluding hydrogens is 474 g/mol. The second-order valence-electron chi connectivity index (χ2n) is 9.18. The van der Waals surface area contributed by atoms with Gasteiger partial charge in [-0.15, -0.1) is 0 Å². The number of halogens is 4. The van der Waals surface area contributed by atoms with Crippen LogP contribution < -0.4 is 10.1 Å². The molecule has 4 rings (SSSR count). The Bertz CT molecular complexity index is 1340. The number of alkyl halides is 3. The standard InChI is InChI=1S/C28H25F4NO3/c1-16-14-27(2,3)33-23-12-11-20(21-10-9-19(29)13-24(21)35-4)22(25(16)23)15-36-26(34)17-5-7-18(8-6-17)28(30,31)32/h5-14,33H,15H2,1-4H3. The lowest BCUT2D eigenvalue weighted by molar-refractivity contribution is -0.137. The van der Waals surface area contributed by atoms with E-state index in [2.05, 4.69) is 11.4 Å². The Morgan fingerprint density at radius 1 is 1.00 bits per heavy atom. The van der Waals surface area contributed by atoms with Crippen LogP contribution in [0.5, 0.6) is 5.75 Å². The fourth-order valence-electron chi connectivity index (χ4n) is 4.51. The second kappa shape index (κ2) is 9.33. The number of fused-ring (bicyclic) bond motifs is 1. The van der Waals surface area contributed by atoms with Crippen LogP contribution in [-0.2, 0) is 17.5 Å². The maximum Gasteiger partial charge on any atom is 0.416 e. The molecule has 0 fully saturated rings. The van der Waals surface area contributed by atoms with Gasteiger partial charge in [0.2, 0.25) is 0 Å². The van der Waals surface area contributed by atoms with Crippen LogP contribution in [0.25, 0.3) is 16.7 Å². The normalized spacial score (nSPS) is 14.4. The minimum absolute atomic E-state index is 0.000217. The minimum Gasteiger partial charge on any atom is -0.496 e. The highest BCUT2D eigenvalue weighted by molar-refractivity contribution is 5.91. The zero-order valence-electron chi connectivity index (χ0n) is 20.2. The number of ether oxygens (including phenoxy) is 2. The van der Waals surface area contributed by atoms with E-state index in [1.54, 1.807) is 6.07 Å². The van der Waals surface area contributed by atoms with Crippen LogP contribution in [0.2, 0.25) is 0 Å². The molecule has 1 N–H and O–H groups in total. The van der Waals surface area contributed by atoms with Crippen molar-refractivity contribution in [2.75, 3.05) is 12.4 Å². The summed E-state index contributed by atoms with van der Waals surface area (Å²) in [6, 6.07) is 11.8. The summed E-state index contributed by atoms with van der Waals surface area (Å²) in [4.78, 5) is 12.7. The molecule has 1 aliphatic rings. The smallest absolute Gasteiger partial charge is 0.416 e. The number of methoxy groups -OCH3 is 1. The highest BCUT2D eigenvalue weighted by atomic mass is 19.4. The lowest BCUT2D eigenvalue weighted by Gasteiger charge is -2.33. The molecule has 0 radical (unpaired) electrons. The Morgan fingerprint density at radius 3 is 2.31 bits per heavy atom. The largest absolute Gasteiger partial charge is 0.496 e. The van der Waals surface area contributed by atoms with E-state index in [1.165, 1.54) is 19.2 Å². The number of esters is 1. The molecule has 188 valence electrons. The van der Waals surface area contributed by atoms with Crippen molar-refractivity contribution >= 4 is 17.2 Å². The van der Waals surface area contributed by atoms with E-state index in [4.69, 9.17) is 9.47 Å². The maximum absolute atomic E-state index is 13.9. The highest BCUT2D eigenvalue weighted by Crippen LogP contribution is 2.43. The number of rotatable bonds is 5. The molecule has 0 unspecified atom stereocenters. The van der Waals surface area contributed by atoms with E-state index in [-0.39, 0.29) is 17.7 Å². The molecule has 0 aromatic heterocycles. The zero-order chi connectivity index (χ0) is 26.3. The molecule has 0 aliphatic carbocycles. The number of hydrogen-bond donors (Lipinski definition) is 1. The lowest BCUT2D eigenvalue weighted by atomic mass is 9.85. The monoisotopic (exact) mass is 499 g/mol. The quantitative estimate of drug-likeness (QED) is 0.292. The van der Waals surface area contributed by atoms with Gasteiger partial charge in [-0.05, 0) is 74.4 Å². The molecule has 4 nitrogen and oxygen atoms in total. The van der Waals surface area contributed by atoms with E-state index >= 15 is 0 Å². The number of carbonyl (C=O) groups is 1. The summed E-state index contributed by atoms with van der Waals surface area (Å²) < 4.78 is 63.5. The first-order valence-corrected chi connectivity index (χ1v) is 11.2. The molecule has 8 heteroatoms. The van der Waals surface area contributed by atoms with Crippen LogP contribution in [0.1, 0.15) is 47.8 Å². The van der Waals surface area contributed by atoms with Gasteiger partial charge >= 0.3 is 12.1 Å². The maximum atomic E-state index is 13.9. The Hall–Kier alpha value is -3.81. The van der Waals surface area contributed by atoms with Gasteiger partial charge in [-0.3, -0.25) is 0 Å². The number of allylic oxidation sites excluding steroid dienone is 1. The molecule has 0 atom stereocenters. The topological polar surface area (TPSA) is 47.6 Å². The summed E-state index contributed by atoms with van der Waals surface area (Å²) >= 11 is 0. The van der Waals surface area contributed by atoms with Gasteiger partial charge in [0.1, 0.15) is 18.2 Å². The zero-order valence-corrected chi connectivity index (χ0v) is 20.2. The first kappa shape index (κ1) is 25.3. The number of benzene rings is 3. The van der Waals surface area contributed by atoms with Crippen LogP contribution in [0.15, 0.2) is 60.7 Å². The van der Waals surface area contributed by atoms with Crippen molar-refractivity contribution in [2.45, 2.75) is 39.1 Å². The third-order valence-corrected chi connectivity index (χ3v) is 5.99. The van der Waals surface area contributed by atoms with Gasteiger partial charge in [-0.1, -0.05) is 12.1 Å². The molecule has 0 bridgehead atoms. The fourth-order valence-corrected chi connectivity index (χ4v) is 4.51. The average Bonchev–Trinajstić information content (AvgIpc) is 2.81.